The summed E-state index contributed by atoms with van der Waals surface area (Å²) in [6, 6.07) is 43.1. The molecule has 71 heavy (non-hydrogen) atoms. The van der Waals surface area contributed by atoms with Crippen molar-refractivity contribution in [2.75, 3.05) is 0 Å². The molecule has 0 amide bonds. The van der Waals surface area contributed by atoms with Crippen molar-refractivity contribution < 1.29 is 19.5 Å². The van der Waals surface area contributed by atoms with Gasteiger partial charge in [0, 0.05) is 11.6 Å². The third-order valence-corrected chi connectivity index (χ3v) is 13.2. The van der Waals surface area contributed by atoms with Crippen LogP contribution in [0.3, 0.4) is 0 Å². The molecule has 0 aliphatic heterocycles. The van der Waals surface area contributed by atoms with E-state index in [1.54, 1.807) is 0 Å². The van der Waals surface area contributed by atoms with Gasteiger partial charge in [-0.2, -0.15) is 0 Å². The number of rotatable bonds is 11. The number of pyridine rings is 4. The molecule has 8 rings (SSSR count). The number of benzene rings is 4. The maximum Gasteiger partial charge on any atom is 2.00 e. The molecule has 0 saturated heterocycles. The number of hydrogen-bond donors (Lipinski definition) is 0. The van der Waals surface area contributed by atoms with Crippen molar-refractivity contribution in [2.45, 2.75) is 145 Å². The molecular weight excluding hydrogens is 918 g/mol. The van der Waals surface area contributed by atoms with Gasteiger partial charge in [0.15, 0.2) is 0 Å². The van der Waals surface area contributed by atoms with Crippen LogP contribution in [0.4, 0.5) is 11.6 Å². The Bertz CT molecular complexity index is 3150. The third kappa shape index (κ3) is 12.7. The Labute approximate surface area is 437 Å². The first kappa shape index (κ1) is 54.3. The summed E-state index contributed by atoms with van der Waals surface area (Å²) in [6.45, 7) is 33.7. The molecule has 0 aliphatic carbocycles. The van der Waals surface area contributed by atoms with Crippen LogP contribution in [0.1, 0.15) is 178 Å². The molecule has 4 aromatic carbocycles. The number of nitrogens with zero attached hydrogens (tertiary/aromatic N) is 6. The van der Waals surface area contributed by atoms with E-state index < -0.39 is 0 Å². The van der Waals surface area contributed by atoms with Gasteiger partial charge in [-0.1, -0.05) is 224 Å². The fourth-order valence-electron chi connectivity index (χ4n) is 9.51. The van der Waals surface area contributed by atoms with Gasteiger partial charge in [-0.05, 0) is 138 Å². The average molecular weight is 993 g/mol. The second kappa shape index (κ2) is 23.5. The molecule has 4 aromatic heterocycles. The van der Waals surface area contributed by atoms with Crippen molar-refractivity contribution in [3.05, 3.63) is 190 Å². The first-order valence-electron chi connectivity index (χ1n) is 25.4. The summed E-state index contributed by atoms with van der Waals surface area (Å²) in [7, 11) is 0. The summed E-state index contributed by atoms with van der Waals surface area (Å²) in [5, 5.41) is 1.16. The van der Waals surface area contributed by atoms with Gasteiger partial charge in [0.1, 0.15) is 0 Å². The van der Waals surface area contributed by atoms with Crippen molar-refractivity contribution in [1.82, 2.24) is 19.9 Å². The Hall–Kier alpha value is -6.04. The van der Waals surface area contributed by atoms with Crippen molar-refractivity contribution in [3.8, 4) is 33.4 Å². The van der Waals surface area contributed by atoms with Crippen LogP contribution in [-0.4, -0.2) is 9.97 Å². The predicted molar refractivity (Wildman–Crippen MR) is 295 cm³/mol. The fourth-order valence-corrected chi connectivity index (χ4v) is 9.51. The molecule has 0 radical (unpaired) electrons. The molecule has 362 valence electrons. The number of fused-ring (bicyclic) bond motifs is 1. The van der Waals surface area contributed by atoms with E-state index in [-0.39, 0.29) is 24.9 Å². The van der Waals surface area contributed by atoms with E-state index >= 15 is 0 Å². The van der Waals surface area contributed by atoms with Crippen molar-refractivity contribution in [3.63, 3.8) is 0 Å². The largest absolute Gasteiger partial charge is 2.00 e. The molecule has 0 bridgehead atoms. The maximum atomic E-state index is 4.89. The molecule has 8 aromatic rings. The zero-order valence-electron chi connectivity index (χ0n) is 45.1. The van der Waals surface area contributed by atoms with Gasteiger partial charge < -0.3 is 20.0 Å². The second-order valence-corrected chi connectivity index (χ2v) is 21.6. The minimum Gasteiger partial charge on any atom is -0.443 e. The molecule has 6 nitrogen and oxygen atoms in total. The van der Waals surface area contributed by atoms with E-state index in [1.807, 2.05) is 24.7 Å². The van der Waals surface area contributed by atoms with Crippen molar-refractivity contribution >= 4 is 22.5 Å². The molecule has 0 spiro atoms. The van der Waals surface area contributed by atoms with Crippen LogP contribution in [0.15, 0.2) is 150 Å². The van der Waals surface area contributed by atoms with Gasteiger partial charge >= 0.3 is 19.5 Å². The molecule has 0 unspecified atom stereocenters. The van der Waals surface area contributed by atoms with E-state index in [1.165, 1.54) is 61.2 Å². The molecule has 0 aliphatic rings. The molecule has 0 fully saturated rings. The van der Waals surface area contributed by atoms with Crippen LogP contribution in [0, 0.1) is 0 Å². The number of aromatic nitrogens is 4. The topological polar surface area (TPSA) is 78.7 Å². The van der Waals surface area contributed by atoms with Gasteiger partial charge in [0.25, 0.3) is 0 Å². The summed E-state index contributed by atoms with van der Waals surface area (Å²) in [6.07, 6.45) is 5.56. The van der Waals surface area contributed by atoms with Gasteiger partial charge in [-0.15, -0.1) is 0 Å². The normalized spacial score (nSPS) is 12.4. The Morgan fingerprint density at radius 3 is 1.37 bits per heavy atom. The van der Waals surface area contributed by atoms with Gasteiger partial charge in [0.05, 0.1) is 17.2 Å². The SMILES string of the molecule is CC(C)c1cccc(C(C)C)c1-c1cccc2nc(N=c3cc(C(C)(C)C)cc[n-]3)ccc12.CC(C)c1cccc(C(C)C)c1-c1ccnc(N=c2cc(-c3c(C(C)C)cccc3C(C)C)cc[n-]2)c1.[Zn+2]. The zero-order valence-corrected chi connectivity index (χ0v) is 48.1. The van der Waals surface area contributed by atoms with E-state index in [2.05, 4.69) is 234 Å². The molecule has 0 saturated carbocycles. The van der Waals surface area contributed by atoms with Gasteiger partial charge in [-0.3, -0.25) is 9.97 Å². The predicted octanol–water partition coefficient (Wildman–Crippen LogP) is 16.7. The van der Waals surface area contributed by atoms with E-state index in [0.29, 0.717) is 58.1 Å². The quantitative estimate of drug-likeness (QED) is 0.121. The minimum atomic E-state index is 0. The fraction of sp³-hybridized carbons (Fsp3) is 0.344. The molecular formula is C64H74N6Zn. The van der Waals surface area contributed by atoms with E-state index in [0.717, 1.165) is 22.0 Å². The van der Waals surface area contributed by atoms with Crippen LogP contribution in [0.2, 0.25) is 0 Å². The first-order chi connectivity index (χ1) is 33.3. The van der Waals surface area contributed by atoms with E-state index in [9.17, 15) is 0 Å². The summed E-state index contributed by atoms with van der Waals surface area (Å²) in [5.41, 5.74) is 19.3. The summed E-state index contributed by atoms with van der Waals surface area (Å²) in [5.74, 6) is 3.95. The second-order valence-electron chi connectivity index (χ2n) is 21.6. The van der Waals surface area contributed by atoms with Gasteiger partial charge in [0.2, 0.25) is 0 Å². The van der Waals surface area contributed by atoms with Crippen LogP contribution in [-0.2, 0) is 24.9 Å². The van der Waals surface area contributed by atoms with Crippen LogP contribution < -0.4 is 20.9 Å². The monoisotopic (exact) mass is 991 g/mol. The van der Waals surface area contributed by atoms with E-state index in [4.69, 9.17) is 15.0 Å². The Morgan fingerprint density at radius 1 is 0.437 bits per heavy atom. The maximum absolute atomic E-state index is 4.89. The number of hydrogen-bond acceptors (Lipinski definition) is 4. The molecule has 4 heterocycles. The van der Waals surface area contributed by atoms with Crippen LogP contribution in [0.5, 0.6) is 0 Å². The average Bonchev–Trinajstić information content (AvgIpc) is 3.33. The molecule has 7 heteroatoms. The minimum absolute atomic E-state index is 0. The smallest absolute Gasteiger partial charge is 0.443 e. The zero-order chi connectivity index (χ0) is 50.4. The van der Waals surface area contributed by atoms with Crippen molar-refractivity contribution in [1.29, 1.82) is 0 Å². The summed E-state index contributed by atoms with van der Waals surface area (Å²) in [4.78, 5) is 28.2. The Balaban J connectivity index is 0.000000231. The Morgan fingerprint density at radius 2 is 0.873 bits per heavy atom. The third-order valence-electron chi connectivity index (χ3n) is 13.2. The standard InChI is InChI=1S/C34H40N3.C30H34N3.Zn/c1-21(2)27-11-9-12-28(22(3)4)33(27)25-15-17-35-31(19-25)37-32-20-26(16-18-36-32)34-29(23(5)6)13-10-14-30(34)24(7)8;1-19(2)22-10-8-11-23(20(3)4)29(22)25-12-9-13-26-24(25)14-15-27(32-26)33-28-18-21(16-17-31-28)30(5,6)7;/h9-24H,1-8H3;8-20H,1-7H3;/q2*-1;+2. The molecule has 0 N–H and O–H groups in total. The van der Waals surface area contributed by atoms with Crippen LogP contribution in [0.25, 0.3) is 44.3 Å². The summed E-state index contributed by atoms with van der Waals surface area (Å²) < 4.78 is 0. The molecule has 0 atom stereocenters. The van der Waals surface area contributed by atoms with Crippen molar-refractivity contribution in [2.24, 2.45) is 9.98 Å². The Kier molecular flexibility index (Phi) is 17.9. The first-order valence-corrected chi connectivity index (χ1v) is 25.4. The summed E-state index contributed by atoms with van der Waals surface area (Å²) >= 11 is 0. The van der Waals surface area contributed by atoms with Gasteiger partial charge in [-0.25, -0.2) is 0 Å². The van der Waals surface area contributed by atoms with Crippen LogP contribution >= 0.6 is 0 Å².